The molecular formula is C21H18N2O5. The molecule has 1 aliphatic heterocycles. The molecule has 2 heterocycles. The molecule has 1 aliphatic rings. The Labute approximate surface area is 161 Å². The van der Waals surface area contributed by atoms with Gasteiger partial charge in [0.05, 0.1) is 12.8 Å². The zero-order valence-corrected chi connectivity index (χ0v) is 14.9. The van der Waals surface area contributed by atoms with Crippen LogP contribution in [0, 0.1) is 0 Å². The summed E-state index contributed by atoms with van der Waals surface area (Å²) in [4.78, 5) is 24.6. The van der Waals surface area contributed by atoms with Crippen molar-refractivity contribution in [1.29, 1.82) is 0 Å². The summed E-state index contributed by atoms with van der Waals surface area (Å²) in [6.45, 7) is 1.30. The van der Waals surface area contributed by atoms with Crippen molar-refractivity contribution in [3.05, 3.63) is 77.7 Å². The van der Waals surface area contributed by atoms with Crippen LogP contribution in [-0.2, 0) is 6.54 Å². The number of nitrogens with one attached hydrogen (secondary N) is 2. The van der Waals surface area contributed by atoms with Crippen LogP contribution >= 0.6 is 0 Å². The Morgan fingerprint density at radius 2 is 1.57 bits per heavy atom. The number of fused-ring (bicyclic) bond motifs is 1. The van der Waals surface area contributed by atoms with Crippen molar-refractivity contribution < 1.29 is 23.5 Å². The summed E-state index contributed by atoms with van der Waals surface area (Å²) < 4.78 is 16.2. The van der Waals surface area contributed by atoms with E-state index < -0.39 is 0 Å². The second kappa shape index (κ2) is 7.87. The van der Waals surface area contributed by atoms with Gasteiger partial charge in [-0.3, -0.25) is 9.59 Å². The largest absolute Gasteiger partial charge is 0.486 e. The van der Waals surface area contributed by atoms with E-state index >= 15 is 0 Å². The molecule has 0 atom stereocenters. The van der Waals surface area contributed by atoms with Gasteiger partial charge in [0.15, 0.2) is 11.5 Å². The van der Waals surface area contributed by atoms with E-state index in [9.17, 15) is 9.59 Å². The average Bonchev–Trinajstić information content (AvgIpc) is 3.26. The summed E-state index contributed by atoms with van der Waals surface area (Å²) in [7, 11) is 0. The van der Waals surface area contributed by atoms with Gasteiger partial charge >= 0.3 is 0 Å². The summed E-state index contributed by atoms with van der Waals surface area (Å²) in [5.41, 5.74) is 1.51. The lowest BCUT2D eigenvalue weighted by molar-refractivity contribution is 0.0946. The maximum absolute atomic E-state index is 12.4. The minimum atomic E-state index is -0.278. The topological polar surface area (TPSA) is 89.8 Å². The highest BCUT2D eigenvalue weighted by atomic mass is 16.6. The SMILES string of the molecule is O=C(NCc1ccco1)c1ccc(C(=O)Nc2ccc3c(c2)OCCO3)cc1. The van der Waals surface area contributed by atoms with Gasteiger partial charge in [0, 0.05) is 22.9 Å². The maximum Gasteiger partial charge on any atom is 0.255 e. The second-order valence-corrected chi connectivity index (χ2v) is 6.15. The summed E-state index contributed by atoms with van der Waals surface area (Å²) in [5, 5.41) is 5.57. The van der Waals surface area contributed by atoms with E-state index in [2.05, 4.69) is 10.6 Å². The van der Waals surface area contributed by atoms with Crippen LogP contribution in [0.5, 0.6) is 11.5 Å². The summed E-state index contributed by atoms with van der Waals surface area (Å²) in [6.07, 6.45) is 1.55. The fourth-order valence-electron chi connectivity index (χ4n) is 2.78. The first kappa shape index (κ1) is 17.7. The van der Waals surface area contributed by atoms with E-state index in [0.717, 1.165) is 0 Å². The fraction of sp³-hybridized carbons (Fsp3) is 0.143. The molecule has 0 unspecified atom stereocenters. The van der Waals surface area contributed by atoms with E-state index in [-0.39, 0.29) is 11.8 Å². The van der Waals surface area contributed by atoms with Crippen LogP contribution in [0.4, 0.5) is 5.69 Å². The minimum Gasteiger partial charge on any atom is -0.486 e. The molecule has 7 nitrogen and oxygen atoms in total. The van der Waals surface area contributed by atoms with Gasteiger partial charge in [-0.05, 0) is 48.5 Å². The molecule has 0 saturated heterocycles. The summed E-state index contributed by atoms with van der Waals surface area (Å²) in [5.74, 6) is 1.42. The van der Waals surface area contributed by atoms with Crippen molar-refractivity contribution in [2.24, 2.45) is 0 Å². The van der Waals surface area contributed by atoms with Crippen molar-refractivity contribution >= 4 is 17.5 Å². The van der Waals surface area contributed by atoms with Crippen LogP contribution in [0.2, 0.25) is 0 Å². The molecule has 2 N–H and O–H groups in total. The Morgan fingerprint density at radius 3 is 2.29 bits per heavy atom. The molecule has 0 aliphatic carbocycles. The summed E-state index contributed by atoms with van der Waals surface area (Å²) in [6, 6.07) is 15.2. The molecule has 0 radical (unpaired) electrons. The number of benzene rings is 2. The molecule has 2 amide bonds. The molecule has 7 heteroatoms. The molecule has 28 heavy (non-hydrogen) atoms. The predicted octanol–water partition coefficient (Wildman–Crippen LogP) is 3.23. The fourth-order valence-corrected chi connectivity index (χ4v) is 2.78. The Bertz CT molecular complexity index is 981. The molecule has 1 aromatic heterocycles. The van der Waals surface area contributed by atoms with Crippen molar-refractivity contribution in [3.8, 4) is 11.5 Å². The van der Waals surface area contributed by atoms with Gasteiger partial charge < -0.3 is 24.5 Å². The molecule has 142 valence electrons. The molecule has 0 bridgehead atoms. The number of carbonyl (C=O) groups excluding carboxylic acids is 2. The van der Waals surface area contributed by atoms with Gasteiger partial charge in [-0.15, -0.1) is 0 Å². The third-order valence-electron chi connectivity index (χ3n) is 4.21. The second-order valence-electron chi connectivity index (χ2n) is 6.15. The molecule has 3 aromatic rings. The smallest absolute Gasteiger partial charge is 0.255 e. The van der Waals surface area contributed by atoms with Crippen molar-refractivity contribution in [2.45, 2.75) is 6.54 Å². The molecule has 0 spiro atoms. The van der Waals surface area contributed by atoms with E-state index in [4.69, 9.17) is 13.9 Å². The van der Waals surface area contributed by atoms with E-state index in [1.165, 1.54) is 0 Å². The van der Waals surface area contributed by atoms with Gasteiger partial charge in [0.2, 0.25) is 0 Å². The number of ether oxygens (including phenoxy) is 2. The van der Waals surface area contributed by atoms with Crippen LogP contribution in [0.25, 0.3) is 0 Å². The van der Waals surface area contributed by atoms with Crippen LogP contribution in [-0.4, -0.2) is 25.0 Å². The lowest BCUT2D eigenvalue weighted by Crippen LogP contribution is -2.22. The zero-order valence-electron chi connectivity index (χ0n) is 14.9. The highest BCUT2D eigenvalue weighted by Crippen LogP contribution is 2.32. The lowest BCUT2D eigenvalue weighted by atomic mass is 10.1. The number of amides is 2. The predicted molar refractivity (Wildman–Crippen MR) is 102 cm³/mol. The van der Waals surface area contributed by atoms with E-state index in [1.807, 2.05) is 0 Å². The zero-order chi connectivity index (χ0) is 19.3. The standard InChI is InChI=1S/C21H18N2O5/c24-20(22-13-17-2-1-9-26-17)14-3-5-15(6-4-14)21(25)23-16-7-8-18-19(12-16)28-11-10-27-18/h1-9,12H,10-11,13H2,(H,22,24)(H,23,25). The third kappa shape index (κ3) is 3.98. The Kier molecular flexibility index (Phi) is 4.97. The molecule has 4 rings (SSSR count). The monoisotopic (exact) mass is 378 g/mol. The van der Waals surface area contributed by atoms with Crippen molar-refractivity contribution in [1.82, 2.24) is 5.32 Å². The number of hydrogen-bond donors (Lipinski definition) is 2. The Hall–Kier alpha value is -3.74. The first-order valence-electron chi connectivity index (χ1n) is 8.81. The Morgan fingerprint density at radius 1 is 0.857 bits per heavy atom. The number of rotatable bonds is 5. The van der Waals surface area contributed by atoms with E-state index in [0.29, 0.717) is 53.8 Å². The quantitative estimate of drug-likeness (QED) is 0.711. The number of anilines is 1. The van der Waals surface area contributed by atoms with Crippen LogP contribution in [0.3, 0.4) is 0 Å². The molecule has 2 aromatic carbocycles. The highest BCUT2D eigenvalue weighted by molar-refractivity contribution is 6.05. The minimum absolute atomic E-state index is 0.241. The maximum atomic E-state index is 12.4. The van der Waals surface area contributed by atoms with Gasteiger partial charge in [-0.2, -0.15) is 0 Å². The summed E-state index contributed by atoms with van der Waals surface area (Å²) >= 11 is 0. The lowest BCUT2D eigenvalue weighted by Gasteiger charge is -2.19. The van der Waals surface area contributed by atoms with Crippen molar-refractivity contribution in [3.63, 3.8) is 0 Å². The first-order chi connectivity index (χ1) is 13.7. The Balaban J connectivity index is 1.37. The number of hydrogen-bond acceptors (Lipinski definition) is 5. The van der Waals surface area contributed by atoms with Gasteiger partial charge in [0.25, 0.3) is 11.8 Å². The normalized spacial score (nSPS) is 12.3. The van der Waals surface area contributed by atoms with Crippen molar-refractivity contribution in [2.75, 3.05) is 18.5 Å². The number of furan rings is 1. The average molecular weight is 378 g/mol. The van der Waals surface area contributed by atoms with Crippen LogP contribution < -0.4 is 20.1 Å². The molecular weight excluding hydrogens is 360 g/mol. The van der Waals surface area contributed by atoms with Gasteiger partial charge in [0.1, 0.15) is 19.0 Å². The van der Waals surface area contributed by atoms with Gasteiger partial charge in [-0.25, -0.2) is 0 Å². The third-order valence-corrected chi connectivity index (χ3v) is 4.21. The molecule has 0 saturated carbocycles. The van der Waals surface area contributed by atoms with Crippen LogP contribution in [0.1, 0.15) is 26.5 Å². The van der Waals surface area contributed by atoms with Gasteiger partial charge in [-0.1, -0.05) is 0 Å². The highest BCUT2D eigenvalue weighted by Gasteiger charge is 2.14. The first-order valence-corrected chi connectivity index (χ1v) is 8.81. The molecule has 0 fully saturated rings. The number of carbonyl (C=O) groups is 2. The van der Waals surface area contributed by atoms with Crippen LogP contribution in [0.15, 0.2) is 65.3 Å². The van der Waals surface area contributed by atoms with E-state index in [1.54, 1.807) is 60.9 Å².